The third-order valence-electron chi connectivity index (χ3n) is 4.72. The summed E-state index contributed by atoms with van der Waals surface area (Å²) in [7, 11) is 0. The molecule has 0 saturated carbocycles. The van der Waals surface area contributed by atoms with Crippen molar-refractivity contribution in [2.24, 2.45) is 0 Å². The van der Waals surface area contributed by atoms with Gasteiger partial charge in [-0.1, -0.05) is 11.6 Å². The highest BCUT2D eigenvalue weighted by atomic mass is 16.5. The molecular weight excluding hydrogens is 332 g/mol. The van der Waals surface area contributed by atoms with Gasteiger partial charge in [0.05, 0.1) is 23.9 Å². The monoisotopic (exact) mass is 356 g/mol. The number of carbonyl (C=O) groups is 2. The van der Waals surface area contributed by atoms with E-state index in [4.69, 9.17) is 4.74 Å². The van der Waals surface area contributed by atoms with Crippen LogP contribution in [-0.2, 0) is 9.53 Å². The zero-order chi connectivity index (χ0) is 19.0. The van der Waals surface area contributed by atoms with Crippen molar-refractivity contribution < 1.29 is 19.4 Å². The number of carboxylic acids is 1. The Balaban J connectivity index is 2.02. The summed E-state index contributed by atoms with van der Waals surface area (Å²) in [6, 6.07) is 9.82. The van der Waals surface area contributed by atoms with Crippen LogP contribution in [0.5, 0.6) is 0 Å². The van der Waals surface area contributed by atoms with E-state index in [1.165, 1.54) is 0 Å². The van der Waals surface area contributed by atoms with Gasteiger partial charge in [0.25, 0.3) is 5.91 Å². The fraction of sp³-hybridized carbons (Fsp3) is 0.400. The summed E-state index contributed by atoms with van der Waals surface area (Å²) in [5, 5.41) is 9.28. The topological polar surface area (TPSA) is 71.8 Å². The summed E-state index contributed by atoms with van der Waals surface area (Å²) >= 11 is 0. The number of hydrogen-bond donors (Lipinski definition) is 1. The molecule has 0 bridgehead atoms. The van der Waals surface area contributed by atoms with Crippen molar-refractivity contribution in [2.45, 2.75) is 39.9 Å². The van der Waals surface area contributed by atoms with Crippen LogP contribution in [0.4, 0.5) is 0 Å². The number of aromatic nitrogens is 1. The minimum absolute atomic E-state index is 0.0511. The standard InChI is InChI=1S/C20H24N2O4/c1-12-5-8-17(22-13(2)6-7-14(22)3)16(9-12)19(23)21-10-15(4)26-18(11-21)20(24)25/h5-9,15,18H,10-11H2,1-4H3,(H,24,25)/t15-,18?/m1/s1. The first-order valence-corrected chi connectivity index (χ1v) is 8.71. The van der Waals surface area contributed by atoms with E-state index in [0.29, 0.717) is 12.1 Å². The number of carboxylic acid groups (broad SMARTS) is 1. The number of amides is 1. The number of carbonyl (C=O) groups excluding carboxylic acids is 1. The molecule has 1 unspecified atom stereocenters. The predicted octanol–water partition coefficient (Wildman–Crippen LogP) is 2.72. The predicted molar refractivity (Wildman–Crippen MR) is 97.9 cm³/mol. The molecule has 0 aliphatic carbocycles. The highest BCUT2D eigenvalue weighted by Crippen LogP contribution is 2.24. The van der Waals surface area contributed by atoms with Gasteiger partial charge in [-0.3, -0.25) is 4.79 Å². The van der Waals surface area contributed by atoms with E-state index < -0.39 is 12.1 Å². The van der Waals surface area contributed by atoms with Crippen molar-refractivity contribution in [3.05, 3.63) is 52.8 Å². The Labute approximate surface area is 153 Å². The van der Waals surface area contributed by atoms with Crippen molar-refractivity contribution in [1.29, 1.82) is 0 Å². The summed E-state index contributed by atoms with van der Waals surface area (Å²) < 4.78 is 7.48. The number of aliphatic carboxylic acids is 1. The summed E-state index contributed by atoms with van der Waals surface area (Å²) in [6.45, 7) is 8.15. The van der Waals surface area contributed by atoms with E-state index in [9.17, 15) is 14.7 Å². The van der Waals surface area contributed by atoms with Crippen LogP contribution < -0.4 is 0 Å². The molecule has 2 aromatic rings. The fourth-order valence-electron chi connectivity index (χ4n) is 3.49. The molecule has 1 aliphatic heterocycles. The lowest BCUT2D eigenvalue weighted by Gasteiger charge is -2.35. The summed E-state index contributed by atoms with van der Waals surface area (Å²) in [6.07, 6.45) is -1.32. The molecule has 1 N–H and O–H groups in total. The van der Waals surface area contributed by atoms with Crippen LogP contribution in [0, 0.1) is 20.8 Å². The minimum Gasteiger partial charge on any atom is -0.479 e. The maximum atomic E-state index is 13.3. The van der Waals surface area contributed by atoms with E-state index in [0.717, 1.165) is 22.6 Å². The maximum absolute atomic E-state index is 13.3. The Morgan fingerprint density at radius 3 is 2.35 bits per heavy atom. The van der Waals surface area contributed by atoms with E-state index in [-0.39, 0.29) is 18.6 Å². The van der Waals surface area contributed by atoms with Gasteiger partial charge in [-0.15, -0.1) is 0 Å². The summed E-state index contributed by atoms with van der Waals surface area (Å²) in [4.78, 5) is 26.2. The Hall–Kier alpha value is -2.60. The van der Waals surface area contributed by atoms with Gasteiger partial charge in [-0.25, -0.2) is 4.79 Å². The highest BCUT2D eigenvalue weighted by Gasteiger charge is 2.34. The SMILES string of the molecule is Cc1ccc(-n2c(C)ccc2C)c(C(=O)N2CC(C(=O)O)O[C@H](C)C2)c1. The second-order valence-corrected chi connectivity index (χ2v) is 6.96. The van der Waals surface area contributed by atoms with Gasteiger partial charge in [0.15, 0.2) is 6.10 Å². The molecule has 1 saturated heterocycles. The van der Waals surface area contributed by atoms with Gasteiger partial charge in [-0.05, 0) is 52.0 Å². The van der Waals surface area contributed by atoms with Gasteiger partial charge in [0, 0.05) is 17.9 Å². The maximum Gasteiger partial charge on any atom is 0.334 e. The summed E-state index contributed by atoms with van der Waals surface area (Å²) in [5.41, 5.74) is 4.45. The molecule has 26 heavy (non-hydrogen) atoms. The van der Waals surface area contributed by atoms with Gasteiger partial charge >= 0.3 is 5.97 Å². The molecule has 1 aliphatic rings. The molecule has 1 aromatic heterocycles. The molecule has 1 aromatic carbocycles. The molecule has 2 heterocycles. The van der Waals surface area contributed by atoms with Crippen LogP contribution in [0.15, 0.2) is 30.3 Å². The Morgan fingerprint density at radius 1 is 1.08 bits per heavy atom. The third-order valence-corrected chi connectivity index (χ3v) is 4.72. The number of aryl methyl sites for hydroxylation is 3. The molecule has 0 spiro atoms. The number of hydrogen-bond acceptors (Lipinski definition) is 3. The smallest absolute Gasteiger partial charge is 0.334 e. The lowest BCUT2D eigenvalue weighted by molar-refractivity contribution is -0.160. The molecule has 2 atom stereocenters. The van der Waals surface area contributed by atoms with Crippen molar-refractivity contribution in [3.8, 4) is 5.69 Å². The normalized spacial score (nSPS) is 20.2. The number of benzene rings is 1. The van der Waals surface area contributed by atoms with Gasteiger partial charge in [0.1, 0.15) is 0 Å². The van der Waals surface area contributed by atoms with Gasteiger partial charge in [0.2, 0.25) is 0 Å². The molecule has 3 rings (SSSR count). The second-order valence-electron chi connectivity index (χ2n) is 6.96. The molecule has 1 fully saturated rings. The first-order chi connectivity index (χ1) is 12.3. The average molecular weight is 356 g/mol. The van der Waals surface area contributed by atoms with Crippen LogP contribution in [0.25, 0.3) is 5.69 Å². The van der Waals surface area contributed by atoms with Crippen LogP contribution in [-0.4, -0.2) is 51.7 Å². The van der Waals surface area contributed by atoms with Crippen LogP contribution in [0.2, 0.25) is 0 Å². The third kappa shape index (κ3) is 3.37. The lowest BCUT2D eigenvalue weighted by atomic mass is 10.1. The van der Waals surface area contributed by atoms with E-state index in [1.807, 2.05) is 55.7 Å². The second kappa shape index (κ2) is 6.96. The Kier molecular flexibility index (Phi) is 4.87. The summed E-state index contributed by atoms with van der Waals surface area (Å²) in [5.74, 6) is -1.21. The van der Waals surface area contributed by atoms with E-state index in [1.54, 1.807) is 11.8 Å². The fourth-order valence-corrected chi connectivity index (χ4v) is 3.49. The quantitative estimate of drug-likeness (QED) is 0.918. The van der Waals surface area contributed by atoms with E-state index in [2.05, 4.69) is 0 Å². The minimum atomic E-state index is -1.05. The van der Waals surface area contributed by atoms with Crippen molar-refractivity contribution in [1.82, 2.24) is 9.47 Å². The first kappa shape index (κ1) is 18.2. The van der Waals surface area contributed by atoms with Crippen molar-refractivity contribution >= 4 is 11.9 Å². The van der Waals surface area contributed by atoms with Crippen LogP contribution in [0.3, 0.4) is 0 Å². The molecule has 0 radical (unpaired) electrons. The van der Waals surface area contributed by atoms with Gasteiger partial charge < -0.3 is 19.3 Å². The zero-order valence-electron chi connectivity index (χ0n) is 15.5. The van der Waals surface area contributed by atoms with Crippen LogP contribution in [0.1, 0.15) is 34.2 Å². The molecule has 1 amide bonds. The van der Waals surface area contributed by atoms with Crippen LogP contribution >= 0.6 is 0 Å². The van der Waals surface area contributed by atoms with Crippen molar-refractivity contribution in [3.63, 3.8) is 0 Å². The Bertz CT molecular complexity index is 836. The molecule has 6 heteroatoms. The number of nitrogens with zero attached hydrogens (tertiary/aromatic N) is 2. The first-order valence-electron chi connectivity index (χ1n) is 8.71. The molecule has 6 nitrogen and oxygen atoms in total. The molecule has 138 valence electrons. The number of morpholine rings is 1. The lowest BCUT2D eigenvalue weighted by Crippen LogP contribution is -2.51. The number of ether oxygens (including phenoxy) is 1. The average Bonchev–Trinajstić information content (AvgIpc) is 2.92. The number of rotatable bonds is 3. The largest absolute Gasteiger partial charge is 0.479 e. The highest BCUT2D eigenvalue weighted by molar-refractivity contribution is 5.98. The van der Waals surface area contributed by atoms with E-state index >= 15 is 0 Å². The molecular formula is C20H24N2O4. The van der Waals surface area contributed by atoms with Crippen molar-refractivity contribution in [2.75, 3.05) is 13.1 Å². The zero-order valence-corrected chi connectivity index (χ0v) is 15.5. The Morgan fingerprint density at radius 2 is 1.73 bits per heavy atom. The van der Waals surface area contributed by atoms with Gasteiger partial charge in [-0.2, -0.15) is 0 Å².